The van der Waals surface area contributed by atoms with Gasteiger partial charge in [-0.15, -0.1) is 0 Å². The van der Waals surface area contributed by atoms with Gasteiger partial charge in [0.2, 0.25) is 0 Å². The molecular weight excluding hydrogens is 174 g/mol. The van der Waals surface area contributed by atoms with Gasteiger partial charge in [-0.3, -0.25) is 0 Å². The Morgan fingerprint density at radius 2 is 1.71 bits per heavy atom. The molecule has 2 atom stereocenters. The molecule has 0 radical (unpaired) electrons. The largest absolute Gasteiger partial charge is 0.392 e. The molecule has 2 aliphatic rings. The van der Waals surface area contributed by atoms with Gasteiger partial charge in [0, 0.05) is 6.04 Å². The van der Waals surface area contributed by atoms with E-state index >= 15 is 0 Å². The summed E-state index contributed by atoms with van der Waals surface area (Å²) in [6, 6.07) is 0.387. The average molecular weight is 197 g/mol. The molecule has 0 aromatic heterocycles. The van der Waals surface area contributed by atoms with Crippen molar-refractivity contribution < 1.29 is 5.11 Å². The third kappa shape index (κ3) is 2.71. The zero-order chi connectivity index (χ0) is 9.80. The van der Waals surface area contributed by atoms with Crippen LogP contribution in [0.1, 0.15) is 51.4 Å². The Balaban J connectivity index is 1.70. The first-order valence-corrected chi connectivity index (χ1v) is 6.28. The van der Waals surface area contributed by atoms with Crippen LogP contribution in [0.5, 0.6) is 0 Å². The highest BCUT2D eigenvalue weighted by Gasteiger charge is 2.23. The first kappa shape index (κ1) is 10.4. The Morgan fingerprint density at radius 3 is 2.43 bits per heavy atom. The summed E-state index contributed by atoms with van der Waals surface area (Å²) in [5.41, 5.74) is 0. The highest BCUT2D eigenvalue weighted by atomic mass is 16.3. The minimum Gasteiger partial charge on any atom is -0.392 e. The van der Waals surface area contributed by atoms with E-state index in [9.17, 15) is 5.11 Å². The molecule has 2 rings (SSSR count). The van der Waals surface area contributed by atoms with E-state index in [1.165, 1.54) is 44.9 Å². The number of rotatable bonds is 3. The molecule has 0 bridgehead atoms. The lowest BCUT2D eigenvalue weighted by Gasteiger charge is -2.29. The van der Waals surface area contributed by atoms with E-state index in [0.29, 0.717) is 6.04 Å². The van der Waals surface area contributed by atoms with Crippen molar-refractivity contribution in [3.63, 3.8) is 0 Å². The molecule has 14 heavy (non-hydrogen) atoms. The highest BCUT2D eigenvalue weighted by Crippen LogP contribution is 2.26. The molecule has 0 aliphatic heterocycles. The maximum absolute atomic E-state index is 9.89. The molecule has 2 N–H and O–H groups in total. The molecule has 2 nitrogen and oxygen atoms in total. The summed E-state index contributed by atoms with van der Waals surface area (Å²) in [4.78, 5) is 0. The van der Waals surface area contributed by atoms with Gasteiger partial charge in [-0.1, -0.05) is 25.7 Å². The number of nitrogens with one attached hydrogen (secondary N) is 1. The van der Waals surface area contributed by atoms with Gasteiger partial charge < -0.3 is 10.4 Å². The van der Waals surface area contributed by atoms with E-state index in [0.717, 1.165) is 18.9 Å². The fraction of sp³-hybridized carbons (Fsp3) is 1.00. The first-order chi connectivity index (χ1) is 6.86. The van der Waals surface area contributed by atoms with Gasteiger partial charge in [-0.25, -0.2) is 0 Å². The predicted octanol–water partition coefficient (Wildman–Crippen LogP) is 2.07. The van der Waals surface area contributed by atoms with Gasteiger partial charge in [0.25, 0.3) is 0 Å². The molecule has 2 saturated carbocycles. The van der Waals surface area contributed by atoms with E-state index < -0.39 is 0 Å². The van der Waals surface area contributed by atoms with Crippen LogP contribution in [0.4, 0.5) is 0 Å². The van der Waals surface area contributed by atoms with Gasteiger partial charge in [0.15, 0.2) is 0 Å². The average Bonchev–Trinajstić information content (AvgIpc) is 2.29. The molecule has 2 fully saturated rings. The summed E-state index contributed by atoms with van der Waals surface area (Å²) in [5, 5.41) is 13.5. The molecule has 0 aromatic rings. The van der Waals surface area contributed by atoms with Gasteiger partial charge in [0.05, 0.1) is 6.10 Å². The fourth-order valence-corrected chi connectivity index (χ4v) is 2.54. The number of aliphatic hydroxyl groups is 1. The van der Waals surface area contributed by atoms with E-state index in [2.05, 4.69) is 5.32 Å². The topological polar surface area (TPSA) is 32.3 Å². The molecule has 2 unspecified atom stereocenters. The van der Waals surface area contributed by atoms with Gasteiger partial charge in [-0.05, 0) is 38.1 Å². The van der Waals surface area contributed by atoms with Crippen LogP contribution in [0.25, 0.3) is 0 Å². The van der Waals surface area contributed by atoms with Crippen LogP contribution in [-0.4, -0.2) is 23.8 Å². The van der Waals surface area contributed by atoms with E-state index in [1.807, 2.05) is 0 Å². The number of hydrogen-bond donors (Lipinski definition) is 2. The lowest BCUT2D eigenvalue weighted by molar-refractivity contribution is 0.114. The normalized spacial score (nSPS) is 34.9. The maximum atomic E-state index is 9.89. The Morgan fingerprint density at radius 1 is 0.929 bits per heavy atom. The molecule has 0 saturated heterocycles. The molecule has 0 heterocycles. The lowest BCUT2D eigenvalue weighted by atomic mass is 9.85. The summed E-state index contributed by atoms with van der Waals surface area (Å²) in [6.07, 6.45) is 10.1. The summed E-state index contributed by atoms with van der Waals surface area (Å²) in [6.45, 7) is 1.14. The number of aliphatic hydroxyl groups excluding tert-OH is 1. The third-order valence-corrected chi connectivity index (χ3v) is 3.87. The van der Waals surface area contributed by atoms with Crippen molar-refractivity contribution in [2.75, 3.05) is 6.54 Å². The van der Waals surface area contributed by atoms with Crippen LogP contribution in [0.3, 0.4) is 0 Å². The van der Waals surface area contributed by atoms with Crippen molar-refractivity contribution in [3.8, 4) is 0 Å². The second kappa shape index (κ2) is 5.13. The first-order valence-electron chi connectivity index (χ1n) is 6.28. The summed E-state index contributed by atoms with van der Waals surface area (Å²) in [5.74, 6) is 0.908. The Hall–Kier alpha value is -0.0800. The van der Waals surface area contributed by atoms with E-state index in [-0.39, 0.29) is 6.10 Å². The summed E-state index contributed by atoms with van der Waals surface area (Å²) < 4.78 is 0. The maximum Gasteiger partial charge on any atom is 0.0693 e. The van der Waals surface area contributed by atoms with Crippen molar-refractivity contribution in [1.29, 1.82) is 0 Å². The molecule has 82 valence electrons. The zero-order valence-corrected chi connectivity index (χ0v) is 9.04. The monoisotopic (exact) mass is 197 g/mol. The van der Waals surface area contributed by atoms with Crippen LogP contribution >= 0.6 is 0 Å². The van der Waals surface area contributed by atoms with Gasteiger partial charge >= 0.3 is 0 Å². The Labute approximate surface area is 87.1 Å². The fourth-order valence-electron chi connectivity index (χ4n) is 2.54. The SMILES string of the molecule is OC1CCCCCC1NCC1CCC1. The van der Waals surface area contributed by atoms with Crippen LogP contribution in [-0.2, 0) is 0 Å². The van der Waals surface area contributed by atoms with Gasteiger partial charge in [0.1, 0.15) is 0 Å². The molecule has 2 aliphatic carbocycles. The van der Waals surface area contributed by atoms with Crippen molar-refractivity contribution in [1.82, 2.24) is 5.32 Å². The van der Waals surface area contributed by atoms with E-state index in [1.54, 1.807) is 0 Å². The minimum atomic E-state index is -0.0856. The predicted molar refractivity (Wildman–Crippen MR) is 58.2 cm³/mol. The van der Waals surface area contributed by atoms with Crippen molar-refractivity contribution in [3.05, 3.63) is 0 Å². The second-order valence-corrected chi connectivity index (χ2v) is 5.02. The lowest BCUT2D eigenvalue weighted by Crippen LogP contribution is -2.42. The zero-order valence-electron chi connectivity index (χ0n) is 9.04. The smallest absolute Gasteiger partial charge is 0.0693 e. The Bertz CT molecular complexity index is 168. The van der Waals surface area contributed by atoms with Crippen LogP contribution < -0.4 is 5.32 Å². The minimum absolute atomic E-state index is 0.0856. The molecule has 0 amide bonds. The number of hydrogen-bond acceptors (Lipinski definition) is 2. The van der Waals surface area contributed by atoms with Crippen LogP contribution in [0.15, 0.2) is 0 Å². The second-order valence-electron chi connectivity index (χ2n) is 5.02. The van der Waals surface area contributed by atoms with E-state index in [4.69, 9.17) is 0 Å². The molecule has 0 spiro atoms. The molecular formula is C12H23NO. The van der Waals surface area contributed by atoms with Crippen LogP contribution in [0, 0.1) is 5.92 Å². The third-order valence-electron chi connectivity index (χ3n) is 3.87. The summed E-state index contributed by atoms with van der Waals surface area (Å²) in [7, 11) is 0. The quantitative estimate of drug-likeness (QED) is 0.679. The van der Waals surface area contributed by atoms with Crippen molar-refractivity contribution in [2.24, 2.45) is 5.92 Å². The van der Waals surface area contributed by atoms with Crippen molar-refractivity contribution in [2.45, 2.75) is 63.5 Å². The van der Waals surface area contributed by atoms with Crippen molar-refractivity contribution >= 4 is 0 Å². The highest BCUT2D eigenvalue weighted by molar-refractivity contribution is 4.81. The summed E-state index contributed by atoms with van der Waals surface area (Å²) >= 11 is 0. The standard InChI is InChI=1S/C12H23NO/c14-12-8-3-1-2-7-11(12)13-9-10-5-4-6-10/h10-14H,1-9H2. The molecule has 2 heteroatoms. The van der Waals surface area contributed by atoms with Crippen LogP contribution in [0.2, 0.25) is 0 Å². The van der Waals surface area contributed by atoms with Gasteiger partial charge in [-0.2, -0.15) is 0 Å². The Kier molecular flexibility index (Phi) is 3.82. The molecule has 0 aromatic carbocycles.